The van der Waals surface area contributed by atoms with Crippen LogP contribution in [0.5, 0.6) is 0 Å². The van der Waals surface area contributed by atoms with Crippen molar-refractivity contribution in [1.82, 2.24) is 9.97 Å². The van der Waals surface area contributed by atoms with Crippen LogP contribution in [0.15, 0.2) is 30.3 Å². The van der Waals surface area contributed by atoms with Crippen LogP contribution in [0.2, 0.25) is 0 Å². The minimum atomic E-state index is 0.814. The molecule has 0 bridgehead atoms. The number of rotatable bonds is 2. The van der Waals surface area contributed by atoms with Gasteiger partial charge in [0.05, 0.1) is 0 Å². The molecule has 0 spiro atoms. The molecule has 1 aliphatic rings. The average molecular weight is 268 g/mol. The fourth-order valence-electron chi connectivity index (χ4n) is 2.74. The average Bonchev–Trinajstić information content (AvgIpc) is 2.69. The van der Waals surface area contributed by atoms with Gasteiger partial charge in [0.2, 0.25) is 0 Å². The summed E-state index contributed by atoms with van der Waals surface area (Å²) in [6.45, 7) is 3.96. The zero-order valence-corrected chi connectivity index (χ0v) is 12.1. The maximum absolute atomic E-state index is 4.58. The second-order valence-electron chi connectivity index (χ2n) is 5.16. The first-order chi connectivity index (χ1) is 9.76. The Kier molecular flexibility index (Phi) is 3.54. The number of aryl methyl sites for hydroxylation is 1. The SMILES string of the molecule is CNc1cc(N2CCc3ccccc3CC2)nc(C)n1. The fraction of sp³-hybridized carbons (Fsp3) is 0.375. The lowest BCUT2D eigenvalue weighted by Crippen LogP contribution is -2.27. The molecule has 2 aromatic rings. The van der Waals surface area contributed by atoms with Gasteiger partial charge in [0.25, 0.3) is 0 Å². The first-order valence-corrected chi connectivity index (χ1v) is 7.11. The van der Waals surface area contributed by atoms with Crippen LogP contribution >= 0.6 is 0 Å². The van der Waals surface area contributed by atoms with Crippen molar-refractivity contribution in [2.24, 2.45) is 0 Å². The lowest BCUT2D eigenvalue weighted by molar-refractivity contribution is 0.784. The summed E-state index contributed by atoms with van der Waals surface area (Å²) in [5, 5.41) is 3.10. The number of nitrogens with one attached hydrogen (secondary N) is 1. The zero-order valence-electron chi connectivity index (χ0n) is 12.1. The highest BCUT2D eigenvalue weighted by molar-refractivity contribution is 5.50. The van der Waals surface area contributed by atoms with Gasteiger partial charge in [-0.1, -0.05) is 24.3 Å². The van der Waals surface area contributed by atoms with E-state index in [4.69, 9.17) is 0 Å². The van der Waals surface area contributed by atoms with Crippen LogP contribution < -0.4 is 10.2 Å². The molecule has 0 atom stereocenters. The highest BCUT2D eigenvalue weighted by atomic mass is 15.2. The molecule has 0 saturated carbocycles. The molecule has 1 aromatic heterocycles. The molecule has 1 aliphatic heterocycles. The third kappa shape index (κ3) is 2.59. The molecule has 0 fully saturated rings. The van der Waals surface area contributed by atoms with E-state index in [9.17, 15) is 0 Å². The van der Waals surface area contributed by atoms with Gasteiger partial charge in [0.1, 0.15) is 17.5 Å². The maximum atomic E-state index is 4.58. The number of benzene rings is 1. The largest absolute Gasteiger partial charge is 0.373 e. The molecule has 1 N–H and O–H groups in total. The topological polar surface area (TPSA) is 41.0 Å². The van der Waals surface area contributed by atoms with Crippen molar-refractivity contribution in [1.29, 1.82) is 0 Å². The summed E-state index contributed by atoms with van der Waals surface area (Å²) in [7, 11) is 1.89. The minimum Gasteiger partial charge on any atom is -0.373 e. The molecule has 2 heterocycles. The van der Waals surface area contributed by atoms with Crippen molar-refractivity contribution in [3.63, 3.8) is 0 Å². The second-order valence-corrected chi connectivity index (χ2v) is 5.16. The molecular weight excluding hydrogens is 248 g/mol. The Balaban J connectivity index is 1.85. The van der Waals surface area contributed by atoms with Crippen LogP contribution in [0.1, 0.15) is 17.0 Å². The third-order valence-corrected chi connectivity index (χ3v) is 3.83. The number of hydrogen-bond acceptors (Lipinski definition) is 4. The summed E-state index contributed by atoms with van der Waals surface area (Å²) in [5.41, 5.74) is 2.93. The number of hydrogen-bond donors (Lipinski definition) is 1. The lowest BCUT2D eigenvalue weighted by atomic mass is 10.0. The first-order valence-electron chi connectivity index (χ1n) is 7.11. The predicted molar refractivity (Wildman–Crippen MR) is 82.4 cm³/mol. The molecule has 104 valence electrons. The van der Waals surface area contributed by atoms with E-state index < -0.39 is 0 Å². The van der Waals surface area contributed by atoms with E-state index >= 15 is 0 Å². The van der Waals surface area contributed by atoms with Gasteiger partial charge in [0.15, 0.2) is 0 Å². The van der Waals surface area contributed by atoms with Gasteiger partial charge < -0.3 is 10.2 Å². The van der Waals surface area contributed by atoms with E-state index in [1.165, 1.54) is 11.1 Å². The minimum absolute atomic E-state index is 0.814. The van der Waals surface area contributed by atoms with Crippen LogP contribution in [0.3, 0.4) is 0 Å². The molecule has 4 heteroatoms. The van der Waals surface area contributed by atoms with Gasteiger partial charge in [-0.2, -0.15) is 0 Å². The molecule has 0 unspecified atom stereocenters. The molecule has 0 radical (unpaired) electrons. The summed E-state index contributed by atoms with van der Waals surface area (Å²) in [6, 6.07) is 10.8. The maximum Gasteiger partial charge on any atom is 0.134 e. The Labute approximate surface area is 119 Å². The van der Waals surface area contributed by atoms with Crippen molar-refractivity contribution in [3.05, 3.63) is 47.3 Å². The lowest BCUT2D eigenvalue weighted by Gasteiger charge is -2.22. The highest BCUT2D eigenvalue weighted by Crippen LogP contribution is 2.21. The monoisotopic (exact) mass is 268 g/mol. The molecule has 1 aromatic carbocycles. The van der Waals surface area contributed by atoms with E-state index in [0.717, 1.165) is 43.4 Å². The van der Waals surface area contributed by atoms with Crippen LogP contribution in [0.25, 0.3) is 0 Å². The molecular formula is C16H20N4. The summed E-state index contributed by atoms with van der Waals surface area (Å²) in [4.78, 5) is 11.3. The third-order valence-electron chi connectivity index (χ3n) is 3.83. The van der Waals surface area contributed by atoms with E-state index in [-0.39, 0.29) is 0 Å². The van der Waals surface area contributed by atoms with E-state index in [1.54, 1.807) is 0 Å². The summed E-state index contributed by atoms with van der Waals surface area (Å²) >= 11 is 0. The molecule has 0 amide bonds. The van der Waals surface area contributed by atoms with E-state index in [0.29, 0.717) is 0 Å². The van der Waals surface area contributed by atoms with Gasteiger partial charge in [-0.3, -0.25) is 0 Å². The Bertz CT molecular complexity index is 582. The van der Waals surface area contributed by atoms with Gasteiger partial charge >= 0.3 is 0 Å². The molecule has 4 nitrogen and oxygen atoms in total. The van der Waals surface area contributed by atoms with Crippen molar-refractivity contribution in [2.75, 3.05) is 30.4 Å². The van der Waals surface area contributed by atoms with Crippen LogP contribution in [0.4, 0.5) is 11.6 Å². The summed E-state index contributed by atoms with van der Waals surface area (Å²) < 4.78 is 0. The van der Waals surface area contributed by atoms with Crippen LogP contribution in [0, 0.1) is 6.92 Å². The van der Waals surface area contributed by atoms with Crippen LogP contribution in [-0.2, 0) is 12.8 Å². The number of aromatic nitrogens is 2. The fourth-order valence-corrected chi connectivity index (χ4v) is 2.74. The molecule has 20 heavy (non-hydrogen) atoms. The molecule has 0 saturated heterocycles. The van der Waals surface area contributed by atoms with Crippen molar-refractivity contribution < 1.29 is 0 Å². The molecule has 3 rings (SSSR count). The van der Waals surface area contributed by atoms with Gasteiger partial charge in [-0.05, 0) is 30.9 Å². The van der Waals surface area contributed by atoms with E-state index in [1.807, 2.05) is 20.0 Å². The Morgan fingerprint density at radius 1 is 1.05 bits per heavy atom. The van der Waals surface area contributed by atoms with Gasteiger partial charge in [-0.15, -0.1) is 0 Å². The first kappa shape index (κ1) is 12.9. The standard InChI is InChI=1S/C16H20N4/c1-12-18-15(17-2)11-16(19-12)20-9-7-13-5-3-4-6-14(13)8-10-20/h3-6,11H,7-10H2,1-2H3,(H,17,18,19). The van der Waals surface area contributed by atoms with Gasteiger partial charge in [-0.25, -0.2) is 9.97 Å². The quantitative estimate of drug-likeness (QED) is 0.908. The zero-order chi connectivity index (χ0) is 13.9. The Morgan fingerprint density at radius 3 is 2.30 bits per heavy atom. The summed E-state index contributed by atoms with van der Waals surface area (Å²) in [5.74, 6) is 2.72. The summed E-state index contributed by atoms with van der Waals surface area (Å²) in [6.07, 6.45) is 2.15. The Hall–Kier alpha value is -2.10. The predicted octanol–water partition coefficient (Wildman–Crippen LogP) is 2.43. The normalized spacial score (nSPS) is 14.6. The van der Waals surface area contributed by atoms with Crippen molar-refractivity contribution in [3.8, 4) is 0 Å². The molecule has 0 aliphatic carbocycles. The number of anilines is 2. The van der Waals surface area contributed by atoms with Crippen molar-refractivity contribution in [2.45, 2.75) is 19.8 Å². The number of fused-ring (bicyclic) bond motifs is 1. The second kappa shape index (κ2) is 5.49. The number of nitrogens with zero attached hydrogens (tertiary/aromatic N) is 3. The van der Waals surface area contributed by atoms with Crippen LogP contribution in [-0.4, -0.2) is 30.1 Å². The van der Waals surface area contributed by atoms with E-state index in [2.05, 4.69) is 44.5 Å². The smallest absolute Gasteiger partial charge is 0.134 e. The van der Waals surface area contributed by atoms with Crippen molar-refractivity contribution >= 4 is 11.6 Å². The van der Waals surface area contributed by atoms with Gasteiger partial charge in [0, 0.05) is 26.2 Å². The highest BCUT2D eigenvalue weighted by Gasteiger charge is 2.15. The Morgan fingerprint density at radius 2 is 1.70 bits per heavy atom.